The number of benzene rings is 1. The van der Waals surface area contributed by atoms with Crippen LogP contribution in [0.5, 0.6) is 11.5 Å². The van der Waals surface area contributed by atoms with Crippen LogP contribution in [-0.2, 0) is 20.3 Å². The van der Waals surface area contributed by atoms with E-state index in [-0.39, 0.29) is 11.9 Å². The summed E-state index contributed by atoms with van der Waals surface area (Å²) in [6, 6.07) is 7.18. The maximum absolute atomic E-state index is 11.8. The lowest BCUT2D eigenvalue weighted by molar-refractivity contribution is -0.144. The van der Waals surface area contributed by atoms with Gasteiger partial charge in [-0.25, -0.2) is 0 Å². The molecule has 0 bridgehead atoms. The van der Waals surface area contributed by atoms with Crippen molar-refractivity contribution in [1.29, 1.82) is 0 Å². The van der Waals surface area contributed by atoms with Gasteiger partial charge in [-0.3, -0.25) is 9.00 Å². The summed E-state index contributed by atoms with van der Waals surface area (Å²) < 4.78 is 26.9. The Morgan fingerprint density at radius 1 is 1.20 bits per heavy atom. The topological polar surface area (TPSA) is 61.8 Å². The van der Waals surface area contributed by atoms with Crippen molar-refractivity contribution in [1.82, 2.24) is 0 Å². The molecule has 1 rings (SSSR count). The van der Waals surface area contributed by atoms with Crippen LogP contribution in [0.25, 0.3) is 0 Å². The number of hydrogen-bond acceptors (Lipinski definition) is 5. The van der Waals surface area contributed by atoms with Crippen LogP contribution in [0.2, 0.25) is 0 Å². The van der Waals surface area contributed by atoms with Crippen molar-refractivity contribution in [3.8, 4) is 11.5 Å². The van der Waals surface area contributed by atoms with E-state index >= 15 is 0 Å². The van der Waals surface area contributed by atoms with Gasteiger partial charge in [0.15, 0.2) is 0 Å². The van der Waals surface area contributed by atoms with Crippen LogP contribution >= 0.6 is 0 Å². The highest BCUT2D eigenvalue weighted by molar-refractivity contribution is 7.85. The Labute approximate surface area is 121 Å². The second-order valence-electron chi connectivity index (χ2n) is 4.26. The standard InChI is InChI=1S/C14H20O5S/c1-11(14(15)18-3)10-20(16)9-8-19-13-6-4-12(17-2)5-7-13/h4-7,11H,8-10H2,1-3H3. The molecule has 0 spiro atoms. The molecule has 0 N–H and O–H groups in total. The maximum atomic E-state index is 11.8. The second-order valence-corrected chi connectivity index (χ2v) is 5.88. The highest BCUT2D eigenvalue weighted by Crippen LogP contribution is 2.16. The minimum atomic E-state index is -1.10. The lowest BCUT2D eigenvalue weighted by Gasteiger charge is -2.10. The molecule has 2 atom stereocenters. The van der Waals surface area contributed by atoms with Gasteiger partial charge < -0.3 is 14.2 Å². The normalized spacial score (nSPS) is 13.3. The summed E-state index contributed by atoms with van der Waals surface area (Å²) in [5.74, 6) is 1.43. The van der Waals surface area contributed by atoms with Crippen molar-refractivity contribution in [2.45, 2.75) is 6.92 Å². The van der Waals surface area contributed by atoms with Gasteiger partial charge in [-0.2, -0.15) is 0 Å². The fourth-order valence-corrected chi connectivity index (χ4v) is 2.69. The molecule has 112 valence electrons. The highest BCUT2D eigenvalue weighted by Gasteiger charge is 2.16. The van der Waals surface area contributed by atoms with E-state index in [1.807, 2.05) is 0 Å². The van der Waals surface area contributed by atoms with Gasteiger partial charge in [-0.05, 0) is 24.3 Å². The van der Waals surface area contributed by atoms with Crippen LogP contribution < -0.4 is 9.47 Å². The molecule has 0 amide bonds. The molecule has 0 radical (unpaired) electrons. The average molecular weight is 300 g/mol. The largest absolute Gasteiger partial charge is 0.497 e. The number of carbonyl (C=O) groups is 1. The number of rotatable bonds is 8. The zero-order chi connectivity index (χ0) is 15.0. The van der Waals surface area contributed by atoms with E-state index in [0.29, 0.717) is 23.9 Å². The molecule has 0 heterocycles. The quantitative estimate of drug-likeness (QED) is 0.683. The Balaban J connectivity index is 2.29. The van der Waals surface area contributed by atoms with Crippen LogP contribution in [0.1, 0.15) is 6.92 Å². The molecule has 6 heteroatoms. The SMILES string of the molecule is COC(=O)C(C)CS(=O)CCOc1ccc(OC)cc1. The van der Waals surface area contributed by atoms with Crippen LogP contribution in [0.3, 0.4) is 0 Å². The van der Waals surface area contributed by atoms with Gasteiger partial charge in [0.1, 0.15) is 11.5 Å². The molecule has 0 saturated carbocycles. The van der Waals surface area contributed by atoms with Crippen molar-refractivity contribution >= 4 is 16.8 Å². The van der Waals surface area contributed by atoms with E-state index < -0.39 is 10.8 Å². The molecule has 1 aromatic carbocycles. The third kappa shape index (κ3) is 5.61. The summed E-state index contributed by atoms with van der Waals surface area (Å²) in [4.78, 5) is 11.2. The number of carbonyl (C=O) groups excluding carboxylic acids is 1. The summed E-state index contributed by atoms with van der Waals surface area (Å²) in [6.07, 6.45) is 0. The molecular weight excluding hydrogens is 280 g/mol. The molecular formula is C14H20O5S. The van der Waals surface area contributed by atoms with Gasteiger partial charge in [0.25, 0.3) is 0 Å². The molecule has 0 aromatic heterocycles. The summed E-state index contributed by atoms with van der Waals surface area (Å²) >= 11 is 0. The van der Waals surface area contributed by atoms with Gasteiger partial charge in [0.05, 0.1) is 32.5 Å². The summed E-state index contributed by atoms with van der Waals surface area (Å²) in [6.45, 7) is 2.04. The molecule has 0 aliphatic rings. The Morgan fingerprint density at radius 3 is 2.35 bits per heavy atom. The van der Waals surface area contributed by atoms with Crippen molar-refractivity contribution in [3.63, 3.8) is 0 Å². The summed E-state index contributed by atoms with van der Waals surface area (Å²) in [7, 11) is 1.82. The first-order valence-electron chi connectivity index (χ1n) is 6.26. The Bertz CT molecular complexity index is 443. The molecule has 20 heavy (non-hydrogen) atoms. The smallest absolute Gasteiger partial charge is 0.309 e. The van der Waals surface area contributed by atoms with E-state index in [1.54, 1.807) is 38.3 Å². The molecule has 1 aromatic rings. The Morgan fingerprint density at radius 2 is 1.80 bits per heavy atom. The minimum Gasteiger partial charge on any atom is -0.497 e. The van der Waals surface area contributed by atoms with Crippen molar-refractivity contribution in [3.05, 3.63) is 24.3 Å². The predicted molar refractivity (Wildman–Crippen MR) is 77.5 cm³/mol. The number of esters is 1. The maximum Gasteiger partial charge on any atom is 0.309 e. The lowest BCUT2D eigenvalue weighted by atomic mass is 10.2. The lowest BCUT2D eigenvalue weighted by Crippen LogP contribution is -2.22. The summed E-state index contributed by atoms with van der Waals surface area (Å²) in [5.41, 5.74) is 0. The van der Waals surface area contributed by atoms with Crippen LogP contribution in [0.15, 0.2) is 24.3 Å². The Kier molecular flexibility index (Phi) is 7.08. The van der Waals surface area contributed by atoms with Crippen molar-refractivity contribution < 1.29 is 23.2 Å². The van der Waals surface area contributed by atoms with E-state index in [0.717, 1.165) is 5.75 Å². The van der Waals surface area contributed by atoms with Crippen LogP contribution in [0, 0.1) is 5.92 Å². The van der Waals surface area contributed by atoms with Gasteiger partial charge in [0, 0.05) is 16.6 Å². The zero-order valence-corrected chi connectivity index (χ0v) is 12.8. The monoisotopic (exact) mass is 300 g/mol. The highest BCUT2D eigenvalue weighted by atomic mass is 32.2. The number of hydrogen-bond donors (Lipinski definition) is 0. The average Bonchev–Trinajstić information content (AvgIpc) is 2.47. The van der Waals surface area contributed by atoms with E-state index in [2.05, 4.69) is 4.74 Å². The van der Waals surface area contributed by atoms with E-state index in [4.69, 9.17) is 9.47 Å². The minimum absolute atomic E-state index is 0.290. The number of methoxy groups -OCH3 is 2. The molecule has 0 saturated heterocycles. The first-order chi connectivity index (χ1) is 9.56. The fourth-order valence-electron chi connectivity index (χ4n) is 1.56. The first-order valence-corrected chi connectivity index (χ1v) is 7.75. The Hall–Kier alpha value is -1.56. The van der Waals surface area contributed by atoms with E-state index in [1.165, 1.54) is 7.11 Å². The zero-order valence-electron chi connectivity index (χ0n) is 12.0. The molecule has 0 aliphatic heterocycles. The third-order valence-corrected chi connectivity index (χ3v) is 4.17. The third-order valence-electron chi connectivity index (χ3n) is 2.68. The van der Waals surface area contributed by atoms with E-state index in [9.17, 15) is 9.00 Å². The van der Waals surface area contributed by atoms with Crippen molar-refractivity contribution in [2.75, 3.05) is 32.3 Å². The molecule has 5 nitrogen and oxygen atoms in total. The van der Waals surface area contributed by atoms with Crippen LogP contribution in [0.4, 0.5) is 0 Å². The molecule has 0 fully saturated rings. The fraction of sp³-hybridized carbons (Fsp3) is 0.500. The predicted octanol–water partition coefficient (Wildman–Crippen LogP) is 1.63. The molecule has 2 unspecified atom stereocenters. The van der Waals surface area contributed by atoms with Gasteiger partial charge in [0.2, 0.25) is 0 Å². The van der Waals surface area contributed by atoms with Crippen molar-refractivity contribution in [2.24, 2.45) is 5.92 Å². The summed E-state index contributed by atoms with van der Waals surface area (Å²) in [5, 5.41) is 0. The second kappa shape index (κ2) is 8.58. The molecule has 0 aliphatic carbocycles. The number of ether oxygens (including phenoxy) is 3. The van der Waals surface area contributed by atoms with Gasteiger partial charge in [-0.1, -0.05) is 6.92 Å². The van der Waals surface area contributed by atoms with Gasteiger partial charge >= 0.3 is 5.97 Å². The first kappa shape index (κ1) is 16.5. The van der Waals surface area contributed by atoms with Crippen LogP contribution in [-0.4, -0.2) is 42.5 Å². The van der Waals surface area contributed by atoms with Gasteiger partial charge in [-0.15, -0.1) is 0 Å².